The van der Waals surface area contributed by atoms with Crippen molar-refractivity contribution in [2.24, 2.45) is 0 Å². The molecule has 7 heteroatoms. The molecule has 0 unspecified atom stereocenters. The van der Waals surface area contributed by atoms with Crippen molar-refractivity contribution in [3.05, 3.63) is 65.7 Å². The minimum absolute atomic E-state index is 0.0621. The van der Waals surface area contributed by atoms with E-state index in [2.05, 4.69) is 30.2 Å². The number of amides is 1. The van der Waals surface area contributed by atoms with Crippen LogP contribution in [-0.4, -0.2) is 35.0 Å². The van der Waals surface area contributed by atoms with Crippen LogP contribution in [0, 0.1) is 0 Å². The van der Waals surface area contributed by atoms with Crippen molar-refractivity contribution in [1.82, 2.24) is 10.0 Å². The second-order valence-corrected chi connectivity index (χ2v) is 8.16. The molecule has 0 saturated carbocycles. The first-order chi connectivity index (χ1) is 12.4. The van der Waals surface area contributed by atoms with Crippen molar-refractivity contribution in [2.75, 3.05) is 20.6 Å². The molecule has 140 valence electrons. The van der Waals surface area contributed by atoms with E-state index in [9.17, 15) is 13.2 Å². The van der Waals surface area contributed by atoms with Gasteiger partial charge in [0.1, 0.15) is 6.54 Å². The van der Waals surface area contributed by atoms with Gasteiger partial charge in [-0.05, 0) is 17.7 Å². The molecule has 0 heterocycles. The third kappa shape index (κ3) is 6.25. The second-order valence-electron chi connectivity index (χ2n) is 6.39. The van der Waals surface area contributed by atoms with E-state index in [0.717, 1.165) is 12.1 Å². The van der Waals surface area contributed by atoms with Gasteiger partial charge in [0.05, 0.1) is 19.0 Å². The molecule has 2 rings (SSSR count). The fourth-order valence-electron chi connectivity index (χ4n) is 2.55. The molecule has 2 aromatic rings. The Bertz CT molecular complexity index is 821. The topological polar surface area (TPSA) is 79.7 Å². The van der Waals surface area contributed by atoms with Crippen LogP contribution >= 0.6 is 0 Å². The predicted octanol–water partition coefficient (Wildman–Crippen LogP) is 0.316. The summed E-state index contributed by atoms with van der Waals surface area (Å²) in [6.07, 6.45) is 0.0904. The van der Waals surface area contributed by atoms with Gasteiger partial charge in [-0.15, -0.1) is 0 Å². The molecule has 0 radical (unpaired) electrons. The average Bonchev–Trinajstić information content (AvgIpc) is 2.61. The Kier molecular flexibility index (Phi) is 7.32. The van der Waals surface area contributed by atoms with Gasteiger partial charge in [-0.1, -0.05) is 42.5 Å². The number of carbonyl (C=O) groups excluding carboxylic acids is 1. The molecule has 0 fully saturated rings. The fourth-order valence-corrected chi connectivity index (χ4v) is 3.60. The fraction of sp³-hybridized carbons (Fsp3) is 0.316. The maximum absolute atomic E-state index is 12.1. The van der Waals surface area contributed by atoms with Crippen molar-refractivity contribution in [2.45, 2.75) is 24.4 Å². The molecule has 0 spiro atoms. The quantitative estimate of drug-likeness (QED) is 0.590. The highest BCUT2D eigenvalue weighted by molar-refractivity contribution is 7.89. The number of quaternary nitrogens is 1. The molecule has 6 nitrogen and oxygen atoms in total. The van der Waals surface area contributed by atoms with E-state index in [0.29, 0.717) is 6.54 Å². The zero-order valence-electron chi connectivity index (χ0n) is 15.2. The minimum atomic E-state index is -3.58. The van der Waals surface area contributed by atoms with Crippen LogP contribution in [0.15, 0.2) is 59.5 Å². The Hall–Kier alpha value is -2.22. The van der Waals surface area contributed by atoms with Gasteiger partial charge >= 0.3 is 0 Å². The van der Waals surface area contributed by atoms with E-state index < -0.39 is 10.0 Å². The third-order valence-electron chi connectivity index (χ3n) is 3.84. The number of nitrogens with one attached hydrogen (secondary N) is 3. The van der Waals surface area contributed by atoms with Gasteiger partial charge in [0.25, 0.3) is 0 Å². The van der Waals surface area contributed by atoms with Gasteiger partial charge in [-0.2, -0.15) is 0 Å². The molecule has 0 aliphatic heterocycles. The van der Waals surface area contributed by atoms with Crippen molar-refractivity contribution in [1.29, 1.82) is 0 Å². The van der Waals surface area contributed by atoms with Gasteiger partial charge in [-0.3, -0.25) is 4.79 Å². The summed E-state index contributed by atoms with van der Waals surface area (Å²) in [6.45, 7) is 1.38. The van der Waals surface area contributed by atoms with Gasteiger partial charge in [0, 0.05) is 25.1 Å². The normalized spacial score (nSPS) is 11.5. The Morgan fingerprint density at radius 2 is 1.58 bits per heavy atom. The summed E-state index contributed by atoms with van der Waals surface area (Å²) in [5.74, 6) is -0.187. The molecule has 26 heavy (non-hydrogen) atoms. The third-order valence-corrected chi connectivity index (χ3v) is 5.31. The SMILES string of the molecule is C[NH+](C)Cc1ccccc1CNC(=O)CCNS(=O)(=O)c1ccccc1. The number of sulfonamides is 1. The molecule has 2 aromatic carbocycles. The van der Waals surface area contributed by atoms with Crippen LogP contribution in [0.1, 0.15) is 17.5 Å². The maximum atomic E-state index is 12.1. The lowest BCUT2D eigenvalue weighted by molar-refractivity contribution is -0.872. The van der Waals surface area contributed by atoms with Crippen LogP contribution in [0.25, 0.3) is 0 Å². The van der Waals surface area contributed by atoms with Gasteiger partial charge in [-0.25, -0.2) is 13.1 Å². The Morgan fingerprint density at radius 1 is 0.962 bits per heavy atom. The van der Waals surface area contributed by atoms with Gasteiger partial charge in [0.2, 0.25) is 15.9 Å². The number of carbonyl (C=O) groups is 1. The lowest BCUT2D eigenvalue weighted by atomic mass is 10.1. The number of hydrogen-bond donors (Lipinski definition) is 3. The standard InChI is InChI=1S/C19H25N3O3S/c1-22(2)15-17-9-7-6-8-16(17)14-20-19(23)12-13-21-26(24,25)18-10-4-3-5-11-18/h3-11,21H,12-15H2,1-2H3,(H,20,23)/p+1. The summed E-state index contributed by atoms with van der Waals surface area (Å²) in [4.78, 5) is 13.5. The molecular formula is C19H26N3O3S+. The largest absolute Gasteiger partial charge is 0.352 e. The summed E-state index contributed by atoms with van der Waals surface area (Å²) in [5.41, 5.74) is 2.27. The molecule has 0 atom stereocenters. The molecule has 3 N–H and O–H groups in total. The molecule has 0 bridgehead atoms. The lowest BCUT2D eigenvalue weighted by Gasteiger charge is -2.13. The molecule has 0 saturated heterocycles. The van der Waals surface area contributed by atoms with Crippen LogP contribution in [0.2, 0.25) is 0 Å². The first-order valence-electron chi connectivity index (χ1n) is 8.56. The van der Waals surface area contributed by atoms with Crippen LogP contribution < -0.4 is 14.9 Å². The first kappa shape index (κ1) is 20.1. The monoisotopic (exact) mass is 376 g/mol. The van der Waals surface area contributed by atoms with E-state index in [1.54, 1.807) is 18.2 Å². The van der Waals surface area contributed by atoms with Crippen molar-refractivity contribution < 1.29 is 18.1 Å². The average molecular weight is 377 g/mol. The zero-order chi connectivity index (χ0) is 19.0. The first-order valence-corrected chi connectivity index (χ1v) is 10.0. The Labute approximate surface area is 155 Å². The maximum Gasteiger partial charge on any atom is 0.240 e. The molecular weight excluding hydrogens is 350 g/mol. The van der Waals surface area contributed by atoms with Crippen LogP contribution in [0.3, 0.4) is 0 Å². The molecule has 0 aliphatic carbocycles. The van der Waals surface area contributed by atoms with Crippen LogP contribution in [-0.2, 0) is 27.9 Å². The molecule has 1 amide bonds. The van der Waals surface area contributed by atoms with Crippen molar-refractivity contribution >= 4 is 15.9 Å². The number of benzene rings is 2. The smallest absolute Gasteiger partial charge is 0.240 e. The molecule has 0 aliphatic rings. The minimum Gasteiger partial charge on any atom is -0.352 e. The van der Waals surface area contributed by atoms with E-state index in [1.807, 2.05) is 18.2 Å². The highest BCUT2D eigenvalue weighted by Gasteiger charge is 2.13. The summed E-state index contributed by atoms with van der Waals surface area (Å²) >= 11 is 0. The van der Waals surface area contributed by atoms with Crippen LogP contribution in [0.5, 0.6) is 0 Å². The second kappa shape index (κ2) is 9.47. The van der Waals surface area contributed by atoms with E-state index in [4.69, 9.17) is 0 Å². The molecule has 0 aromatic heterocycles. The summed E-state index contributed by atoms with van der Waals surface area (Å²) < 4.78 is 26.6. The summed E-state index contributed by atoms with van der Waals surface area (Å²) in [6, 6.07) is 16.1. The van der Waals surface area contributed by atoms with Gasteiger partial charge in [0.15, 0.2) is 0 Å². The van der Waals surface area contributed by atoms with Crippen molar-refractivity contribution in [3.8, 4) is 0 Å². The Morgan fingerprint density at radius 3 is 2.23 bits per heavy atom. The highest BCUT2D eigenvalue weighted by atomic mass is 32.2. The predicted molar refractivity (Wildman–Crippen MR) is 101 cm³/mol. The Balaban J connectivity index is 1.81. The van der Waals surface area contributed by atoms with E-state index in [1.165, 1.54) is 22.6 Å². The summed E-state index contributed by atoms with van der Waals surface area (Å²) in [7, 11) is 0.579. The zero-order valence-corrected chi connectivity index (χ0v) is 16.0. The lowest BCUT2D eigenvalue weighted by Crippen LogP contribution is -3.04. The number of hydrogen-bond acceptors (Lipinski definition) is 3. The summed E-state index contributed by atoms with van der Waals surface area (Å²) in [5, 5.41) is 2.86. The highest BCUT2D eigenvalue weighted by Crippen LogP contribution is 2.08. The van der Waals surface area contributed by atoms with E-state index in [-0.39, 0.29) is 23.8 Å². The van der Waals surface area contributed by atoms with Crippen LogP contribution in [0.4, 0.5) is 0 Å². The van der Waals surface area contributed by atoms with Crippen molar-refractivity contribution in [3.63, 3.8) is 0 Å². The van der Waals surface area contributed by atoms with Gasteiger partial charge < -0.3 is 10.2 Å². The van der Waals surface area contributed by atoms with E-state index >= 15 is 0 Å². The number of rotatable bonds is 9.